The lowest BCUT2D eigenvalue weighted by Crippen LogP contribution is -2.04. The first kappa shape index (κ1) is 12.1. The van der Waals surface area contributed by atoms with E-state index in [4.69, 9.17) is 4.74 Å². The van der Waals surface area contributed by atoms with Crippen molar-refractivity contribution in [3.63, 3.8) is 0 Å². The molecule has 0 fully saturated rings. The molecular formula is C13H12BrNO2. The predicted octanol–water partition coefficient (Wildman–Crippen LogP) is 2.93. The Labute approximate surface area is 108 Å². The number of halogens is 1. The molecule has 0 spiro atoms. The topological polar surface area (TPSA) is 42.4 Å². The number of pyridine rings is 1. The van der Waals surface area contributed by atoms with Crippen molar-refractivity contribution >= 4 is 15.9 Å². The Morgan fingerprint density at radius 2 is 1.94 bits per heavy atom. The van der Waals surface area contributed by atoms with Crippen molar-refractivity contribution < 1.29 is 9.84 Å². The van der Waals surface area contributed by atoms with Crippen LogP contribution in [-0.2, 0) is 0 Å². The summed E-state index contributed by atoms with van der Waals surface area (Å²) in [5.74, 6) is 0.586. The maximum absolute atomic E-state index is 10.2. The van der Waals surface area contributed by atoms with E-state index >= 15 is 0 Å². The van der Waals surface area contributed by atoms with E-state index in [-0.39, 0.29) is 0 Å². The summed E-state index contributed by atoms with van der Waals surface area (Å²) in [5, 5.41) is 10.2. The van der Waals surface area contributed by atoms with Crippen molar-refractivity contribution in [1.82, 2.24) is 4.98 Å². The van der Waals surface area contributed by atoms with Gasteiger partial charge in [0.05, 0.1) is 7.11 Å². The van der Waals surface area contributed by atoms with E-state index in [1.165, 1.54) is 0 Å². The molecule has 0 amide bonds. The fourth-order valence-electron chi connectivity index (χ4n) is 1.58. The minimum absolute atomic E-state index is 0.525. The van der Waals surface area contributed by atoms with Crippen LogP contribution in [-0.4, -0.2) is 17.2 Å². The lowest BCUT2D eigenvalue weighted by Gasteiger charge is -2.13. The molecule has 0 radical (unpaired) electrons. The molecule has 17 heavy (non-hydrogen) atoms. The van der Waals surface area contributed by atoms with E-state index in [9.17, 15) is 5.11 Å². The van der Waals surface area contributed by atoms with Crippen LogP contribution in [0.1, 0.15) is 17.4 Å². The molecule has 0 bridgehead atoms. The molecule has 3 nitrogen and oxygen atoms in total. The summed E-state index contributed by atoms with van der Waals surface area (Å²) in [5.41, 5.74) is 1.31. The van der Waals surface area contributed by atoms with Crippen LogP contribution < -0.4 is 4.74 Å². The number of aliphatic hydroxyl groups is 1. The van der Waals surface area contributed by atoms with Gasteiger partial charge in [0.1, 0.15) is 17.5 Å². The van der Waals surface area contributed by atoms with Crippen molar-refractivity contribution in [2.75, 3.05) is 7.11 Å². The van der Waals surface area contributed by atoms with Gasteiger partial charge in [-0.15, -0.1) is 0 Å². The summed E-state index contributed by atoms with van der Waals surface area (Å²) in [7, 11) is 1.56. The molecule has 1 unspecified atom stereocenters. The number of ether oxygens (including phenoxy) is 1. The number of rotatable bonds is 3. The smallest absolute Gasteiger partial charge is 0.143 e. The fourth-order valence-corrected chi connectivity index (χ4v) is 1.85. The zero-order valence-corrected chi connectivity index (χ0v) is 10.9. The van der Waals surface area contributed by atoms with Gasteiger partial charge in [-0.2, -0.15) is 0 Å². The van der Waals surface area contributed by atoms with E-state index in [1.54, 1.807) is 25.4 Å². The number of hydrogen-bond donors (Lipinski definition) is 1. The third-order valence-electron chi connectivity index (χ3n) is 2.46. The van der Waals surface area contributed by atoms with Crippen LogP contribution in [0.4, 0.5) is 0 Å². The largest absolute Gasteiger partial charge is 0.495 e. The van der Waals surface area contributed by atoms with E-state index < -0.39 is 6.10 Å². The molecular weight excluding hydrogens is 282 g/mol. The van der Waals surface area contributed by atoms with Gasteiger partial charge < -0.3 is 9.84 Å². The van der Waals surface area contributed by atoms with Gasteiger partial charge in [0, 0.05) is 10.7 Å². The van der Waals surface area contributed by atoms with Gasteiger partial charge in [-0.3, -0.25) is 4.98 Å². The van der Waals surface area contributed by atoms with Crippen LogP contribution in [0.2, 0.25) is 0 Å². The molecule has 1 atom stereocenters. The molecule has 4 heteroatoms. The highest BCUT2D eigenvalue weighted by Gasteiger charge is 2.16. The molecule has 0 saturated carbocycles. The monoisotopic (exact) mass is 293 g/mol. The Morgan fingerprint density at radius 1 is 1.24 bits per heavy atom. The molecule has 0 aliphatic heterocycles. The van der Waals surface area contributed by atoms with Gasteiger partial charge >= 0.3 is 0 Å². The number of methoxy groups -OCH3 is 1. The summed E-state index contributed by atoms with van der Waals surface area (Å²) >= 11 is 3.36. The van der Waals surface area contributed by atoms with Crippen molar-refractivity contribution in [2.45, 2.75) is 6.10 Å². The number of aliphatic hydroxyl groups excluding tert-OH is 1. The zero-order valence-electron chi connectivity index (χ0n) is 9.30. The molecule has 2 rings (SSSR count). The lowest BCUT2D eigenvalue weighted by molar-refractivity contribution is 0.209. The average Bonchev–Trinajstić information content (AvgIpc) is 2.39. The van der Waals surface area contributed by atoms with Gasteiger partial charge in [-0.05, 0) is 29.8 Å². The molecule has 1 aromatic heterocycles. The van der Waals surface area contributed by atoms with E-state index in [1.807, 2.05) is 24.3 Å². The molecule has 1 N–H and O–H groups in total. The minimum atomic E-state index is -0.778. The Bertz CT molecular complexity index is 499. The van der Waals surface area contributed by atoms with Gasteiger partial charge in [-0.25, -0.2) is 0 Å². The highest BCUT2D eigenvalue weighted by molar-refractivity contribution is 9.10. The lowest BCUT2D eigenvalue weighted by atomic mass is 10.1. The summed E-state index contributed by atoms with van der Waals surface area (Å²) in [6.07, 6.45) is 0.860. The molecule has 0 aliphatic rings. The molecule has 88 valence electrons. The molecule has 0 saturated heterocycles. The normalized spacial score (nSPS) is 12.2. The number of benzene rings is 1. The molecule has 1 heterocycles. The van der Waals surface area contributed by atoms with Gasteiger partial charge in [0.25, 0.3) is 0 Å². The highest BCUT2D eigenvalue weighted by Crippen LogP contribution is 2.28. The first-order valence-electron chi connectivity index (χ1n) is 5.15. The average molecular weight is 294 g/mol. The van der Waals surface area contributed by atoms with Crippen LogP contribution in [0, 0.1) is 0 Å². The second-order valence-corrected chi connectivity index (χ2v) is 4.46. The van der Waals surface area contributed by atoms with E-state index in [0.29, 0.717) is 11.4 Å². The third kappa shape index (κ3) is 2.65. The van der Waals surface area contributed by atoms with Crippen LogP contribution in [0.3, 0.4) is 0 Å². The van der Waals surface area contributed by atoms with Crippen molar-refractivity contribution in [1.29, 1.82) is 0 Å². The summed E-state index contributed by atoms with van der Waals surface area (Å²) in [6.45, 7) is 0. The summed E-state index contributed by atoms with van der Waals surface area (Å²) < 4.78 is 6.15. The quantitative estimate of drug-likeness (QED) is 0.946. The Kier molecular flexibility index (Phi) is 3.76. The summed E-state index contributed by atoms with van der Waals surface area (Å²) in [4.78, 5) is 4.16. The summed E-state index contributed by atoms with van der Waals surface area (Å²) in [6, 6.07) is 11.0. The second-order valence-electron chi connectivity index (χ2n) is 3.54. The highest BCUT2D eigenvalue weighted by atomic mass is 79.9. The van der Waals surface area contributed by atoms with Crippen molar-refractivity contribution in [3.8, 4) is 5.75 Å². The molecule has 0 aliphatic carbocycles. The molecule has 2 aromatic rings. The molecule has 1 aromatic carbocycles. The Hall–Kier alpha value is -1.39. The number of nitrogens with zero attached hydrogens (tertiary/aromatic N) is 1. The minimum Gasteiger partial charge on any atom is -0.495 e. The third-order valence-corrected chi connectivity index (χ3v) is 2.99. The number of hydrogen-bond acceptors (Lipinski definition) is 3. The second kappa shape index (κ2) is 5.29. The maximum Gasteiger partial charge on any atom is 0.143 e. The van der Waals surface area contributed by atoms with Gasteiger partial charge in [-0.1, -0.05) is 28.1 Å². The fraction of sp³-hybridized carbons (Fsp3) is 0.154. The van der Waals surface area contributed by atoms with Crippen molar-refractivity contribution in [3.05, 3.63) is 58.3 Å². The van der Waals surface area contributed by atoms with Crippen LogP contribution in [0.5, 0.6) is 5.75 Å². The van der Waals surface area contributed by atoms with Crippen molar-refractivity contribution in [2.24, 2.45) is 0 Å². The van der Waals surface area contributed by atoms with Crippen LogP contribution >= 0.6 is 15.9 Å². The Balaban J connectivity index is 2.36. The SMILES string of the molecule is COc1cccnc1C(O)c1ccc(Br)cc1. The first-order chi connectivity index (χ1) is 8.22. The Morgan fingerprint density at radius 3 is 2.59 bits per heavy atom. The van der Waals surface area contributed by atoms with Crippen LogP contribution in [0.15, 0.2) is 47.1 Å². The first-order valence-corrected chi connectivity index (χ1v) is 5.94. The van der Waals surface area contributed by atoms with E-state index in [2.05, 4.69) is 20.9 Å². The standard InChI is InChI=1S/C13H12BrNO2/c1-17-11-3-2-8-15-12(11)13(16)9-4-6-10(14)7-5-9/h2-8,13,16H,1H3. The number of aromatic nitrogens is 1. The van der Waals surface area contributed by atoms with Crippen LogP contribution in [0.25, 0.3) is 0 Å². The zero-order chi connectivity index (χ0) is 12.3. The predicted molar refractivity (Wildman–Crippen MR) is 69.0 cm³/mol. The van der Waals surface area contributed by atoms with E-state index in [0.717, 1.165) is 10.0 Å². The van der Waals surface area contributed by atoms with Gasteiger partial charge in [0.2, 0.25) is 0 Å². The maximum atomic E-state index is 10.2. The van der Waals surface area contributed by atoms with Gasteiger partial charge in [0.15, 0.2) is 0 Å².